The summed E-state index contributed by atoms with van der Waals surface area (Å²) in [6.07, 6.45) is 0.663. The fourth-order valence-electron chi connectivity index (χ4n) is 1.33. The molecule has 2 heteroatoms. The summed E-state index contributed by atoms with van der Waals surface area (Å²) in [4.78, 5) is 0. The second-order valence-corrected chi connectivity index (χ2v) is 2.73. The highest BCUT2D eigenvalue weighted by Crippen LogP contribution is 2.25. The van der Waals surface area contributed by atoms with Crippen LogP contribution >= 0.6 is 0 Å². The van der Waals surface area contributed by atoms with Crippen LogP contribution in [-0.4, -0.2) is 7.11 Å². The Labute approximate surface area is 72.2 Å². The molecule has 0 heterocycles. The minimum absolute atomic E-state index is 0.181. The first-order chi connectivity index (χ1) is 5.70. The molecule has 0 unspecified atom stereocenters. The number of halogens is 1. The van der Waals surface area contributed by atoms with Crippen LogP contribution < -0.4 is 4.74 Å². The van der Waals surface area contributed by atoms with E-state index in [2.05, 4.69) is 0 Å². The zero-order chi connectivity index (χ0) is 9.14. The van der Waals surface area contributed by atoms with Crippen LogP contribution in [-0.2, 0) is 6.42 Å². The van der Waals surface area contributed by atoms with Gasteiger partial charge < -0.3 is 4.74 Å². The molecule has 0 aliphatic heterocycles. The molecule has 0 N–H and O–H groups in total. The minimum Gasteiger partial charge on any atom is -0.496 e. The molecule has 0 amide bonds. The van der Waals surface area contributed by atoms with Crippen molar-refractivity contribution in [2.24, 2.45) is 0 Å². The van der Waals surface area contributed by atoms with E-state index in [4.69, 9.17) is 4.74 Å². The molecule has 0 aromatic heterocycles. The highest BCUT2D eigenvalue weighted by molar-refractivity contribution is 5.41. The lowest BCUT2D eigenvalue weighted by atomic mass is 10.1. The van der Waals surface area contributed by atoms with Crippen molar-refractivity contribution < 1.29 is 9.13 Å². The van der Waals surface area contributed by atoms with Crippen molar-refractivity contribution in [3.05, 3.63) is 29.1 Å². The summed E-state index contributed by atoms with van der Waals surface area (Å²) in [6.45, 7) is 3.83. The van der Waals surface area contributed by atoms with Gasteiger partial charge >= 0.3 is 0 Å². The van der Waals surface area contributed by atoms with E-state index in [0.717, 1.165) is 5.56 Å². The summed E-state index contributed by atoms with van der Waals surface area (Å²) in [5, 5.41) is 0. The maximum atomic E-state index is 13.1. The molecule has 0 radical (unpaired) electrons. The van der Waals surface area contributed by atoms with E-state index in [1.807, 2.05) is 13.8 Å². The molecule has 66 valence electrons. The van der Waals surface area contributed by atoms with Crippen LogP contribution in [0.25, 0.3) is 0 Å². The standard InChI is InChI=1S/C10H13FO/c1-4-8-9(11)6-5-7(2)10(8)12-3/h5-6H,4H2,1-3H3. The Morgan fingerprint density at radius 2 is 2.08 bits per heavy atom. The van der Waals surface area contributed by atoms with Gasteiger partial charge in [-0.25, -0.2) is 4.39 Å². The molecule has 1 nitrogen and oxygen atoms in total. The smallest absolute Gasteiger partial charge is 0.130 e. The van der Waals surface area contributed by atoms with Crippen LogP contribution in [0.3, 0.4) is 0 Å². The maximum absolute atomic E-state index is 13.1. The van der Waals surface area contributed by atoms with E-state index < -0.39 is 0 Å². The molecule has 12 heavy (non-hydrogen) atoms. The van der Waals surface area contributed by atoms with Crippen LogP contribution in [0, 0.1) is 12.7 Å². The van der Waals surface area contributed by atoms with Crippen molar-refractivity contribution in [1.29, 1.82) is 0 Å². The van der Waals surface area contributed by atoms with E-state index in [-0.39, 0.29) is 5.82 Å². The molecule has 0 saturated heterocycles. The molecular formula is C10H13FO. The Balaban J connectivity index is 3.28. The molecule has 0 atom stereocenters. The predicted octanol–water partition coefficient (Wildman–Crippen LogP) is 2.71. The number of benzene rings is 1. The maximum Gasteiger partial charge on any atom is 0.130 e. The second-order valence-electron chi connectivity index (χ2n) is 2.73. The summed E-state index contributed by atoms with van der Waals surface area (Å²) in [6, 6.07) is 3.21. The first-order valence-electron chi connectivity index (χ1n) is 4.02. The second kappa shape index (κ2) is 3.57. The van der Waals surface area contributed by atoms with Gasteiger partial charge in [0.2, 0.25) is 0 Å². The third kappa shape index (κ3) is 1.42. The Kier molecular flexibility index (Phi) is 2.69. The molecule has 1 aromatic carbocycles. The summed E-state index contributed by atoms with van der Waals surface area (Å²) in [5.74, 6) is 0.498. The SMILES string of the molecule is CCc1c(F)ccc(C)c1OC. The largest absolute Gasteiger partial charge is 0.496 e. The molecule has 0 saturated carbocycles. The van der Waals surface area contributed by atoms with Crippen molar-refractivity contribution in [2.75, 3.05) is 7.11 Å². The highest BCUT2D eigenvalue weighted by atomic mass is 19.1. The minimum atomic E-state index is -0.181. The first kappa shape index (κ1) is 9.04. The lowest BCUT2D eigenvalue weighted by Crippen LogP contribution is -1.96. The van der Waals surface area contributed by atoms with E-state index in [1.165, 1.54) is 6.07 Å². The van der Waals surface area contributed by atoms with Crippen molar-refractivity contribution in [3.8, 4) is 5.75 Å². The summed E-state index contributed by atoms with van der Waals surface area (Å²) < 4.78 is 18.2. The quantitative estimate of drug-likeness (QED) is 0.659. The average molecular weight is 168 g/mol. The molecule has 0 bridgehead atoms. The van der Waals surface area contributed by atoms with Gasteiger partial charge in [-0.15, -0.1) is 0 Å². The van der Waals surface area contributed by atoms with Crippen LogP contribution in [0.5, 0.6) is 5.75 Å². The summed E-state index contributed by atoms with van der Waals surface area (Å²) >= 11 is 0. The Bertz CT molecular complexity index is 252. The van der Waals surface area contributed by atoms with Gasteiger partial charge in [-0.2, -0.15) is 0 Å². The fourth-order valence-corrected chi connectivity index (χ4v) is 1.33. The van der Waals surface area contributed by atoms with Gasteiger partial charge in [0.05, 0.1) is 7.11 Å². The van der Waals surface area contributed by atoms with Crippen molar-refractivity contribution >= 4 is 0 Å². The van der Waals surface area contributed by atoms with Crippen LogP contribution in [0.4, 0.5) is 4.39 Å². The average Bonchev–Trinajstić information content (AvgIpc) is 2.08. The van der Waals surface area contributed by atoms with Gasteiger partial charge in [0, 0.05) is 5.56 Å². The van der Waals surface area contributed by atoms with E-state index >= 15 is 0 Å². The van der Waals surface area contributed by atoms with E-state index in [1.54, 1.807) is 13.2 Å². The van der Waals surface area contributed by atoms with Crippen molar-refractivity contribution in [3.63, 3.8) is 0 Å². The number of ether oxygens (including phenoxy) is 1. The Morgan fingerprint density at radius 1 is 1.42 bits per heavy atom. The molecule has 0 spiro atoms. The molecular weight excluding hydrogens is 155 g/mol. The number of hydrogen-bond acceptors (Lipinski definition) is 1. The third-order valence-electron chi connectivity index (χ3n) is 1.96. The van der Waals surface area contributed by atoms with Gasteiger partial charge in [0.15, 0.2) is 0 Å². The van der Waals surface area contributed by atoms with Gasteiger partial charge in [-0.1, -0.05) is 13.0 Å². The van der Waals surface area contributed by atoms with Crippen molar-refractivity contribution in [2.45, 2.75) is 20.3 Å². The zero-order valence-corrected chi connectivity index (χ0v) is 7.65. The monoisotopic (exact) mass is 168 g/mol. The number of rotatable bonds is 2. The Morgan fingerprint density at radius 3 is 2.50 bits per heavy atom. The molecule has 0 fully saturated rings. The van der Waals surface area contributed by atoms with Crippen molar-refractivity contribution in [1.82, 2.24) is 0 Å². The molecule has 0 aliphatic carbocycles. The lowest BCUT2D eigenvalue weighted by molar-refractivity contribution is 0.402. The lowest BCUT2D eigenvalue weighted by Gasteiger charge is -2.10. The van der Waals surface area contributed by atoms with Gasteiger partial charge in [0.1, 0.15) is 11.6 Å². The molecule has 1 rings (SSSR count). The van der Waals surface area contributed by atoms with E-state index in [9.17, 15) is 4.39 Å². The van der Waals surface area contributed by atoms with Crippen LogP contribution in [0.15, 0.2) is 12.1 Å². The van der Waals surface area contributed by atoms with Gasteiger partial charge in [-0.05, 0) is 25.0 Å². The first-order valence-corrected chi connectivity index (χ1v) is 4.02. The normalized spacial score (nSPS) is 10.0. The topological polar surface area (TPSA) is 9.23 Å². The van der Waals surface area contributed by atoms with Crippen LogP contribution in [0.1, 0.15) is 18.1 Å². The van der Waals surface area contributed by atoms with E-state index in [0.29, 0.717) is 17.7 Å². The molecule has 0 aliphatic rings. The Hall–Kier alpha value is -1.05. The van der Waals surface area contributed by atoms with Crippen LogP contribution in [0.2, 0.25) is 0 Å². The number of aryl methyl sites for hydroxylation is 1. The highest BCUT2D eigenvalue weighted by Gasteiger charge is 2.09. The summed E-state index contributed by atoms with van der Waals surface area (Å²) in [7, 11) is 1.57. The summed E-state index contributed by atoms with van der Waals surface area (Å²) in [5.41, 5.74) is 1.65. The zero-order valence-electron chi connectivity index (χ0n) is 7.65. The number of methoxy groups -OCH3 is 1. The number of hydrogen-bond donors (Lipinski definition) is 0. The predicted molar refractivity (Wildman–Crippen MR) is 47.1 cm³/mol. The van der Waals surface area contributed by atoms with Gasteiger partial charge in [0.25, 0.3) is 0 Å². The third-order valence-corrected chi connectivity index (χ3v) is 1.96. The molecule has 1 aromatic rings. The van der Waals surface area contributed by atoms with Gasteiger partial charge in [-0.3, -0.25) is 0 Å². The fraction of sp³-hybridized carbons (Fsp3) is 0.400.